The van der Waals surface area contributed by atoms with Crippen molar-refractivity contribution in [2.24, 2.45) is 24.6 Å². The van der Waals surface area contributed by atoms with Crippen molar-refractivity contribution in [2.75, 3.05) is 19.0 Å². The van der Waals surface area contributed by atoms with E-state index >= 15 is 0 Å². The van der Waals surface area contributed by atoms with E-state index in [4.69, 9.17) is 15.9 Å². The number of nitrogen functional groups attached to an aromatic ring is 1. The first-order valence-corrected chi connectivity index (χ1v) is 9.27. The Morgan fingerprint density at radius 1 is 1.30 bits per heavy atom. The van der Waals surface area contributed by atoms with Crippen LogP contribution in [-0.4, -0.2) is 35.0 Å². The molecule has 0 aliphatic heterocycles. The number of carbonyl (C=O) groups is 1. The van der Waals surface area contributed by atoms with E-state index in [0.29, 0.717) is 11.5 Å². The number of nitrogens with two attached hydrogens (primary N) is 1. The van der Waals surface area contributed by atoms with Crippen LogP contribution in [0.3, 0.4) is 0 Å². The minimum Gasteiger partial charge on any atom is -0.469 e. The summed E-state index contributed by atoms with van der Waals surface area (Å²) in [5, 5.41) is 10.9. The molecular formula is C20H27N5O2. The van der Waals surface area contributed by atoms with Gasteiger partial charge in [0.15, 0.2) is 0 Å². The minimum atomic E-state index is -0.0773. The smallest absolute Gasteiger partial charge is 0.308 e. The third-order valence-electron chi connectivity index (χ3n) is 5.28. The SMILES string of the molecule is COC(=O)C1CCC(CNc2cn(C)c(-c3ccc(C(=N)N)cc3)n2)CC1. The fraction of sp³-hybridized carbons (Fsp3) is 0.450. The lowest BCUT2D eigenvalue weighted by Gasteiger charge is -2.26. The molecule has 1 fully saturated rings. The molecule has 0 spiro atoms. The van der Waals surface area contributed by atoms with Crippen molar-refractivity contribution in [3.63, 3.8) is 0 Å². The maximum atomic E-state index is 11.6. The number of aryl methyl sites for hydroxylation is 1. The molecule has 144 valence electrons. The Labute approximate surface area is 159 Å². The number of amidine groups is 1. The number of ether oxygens (including phenoxy) is 1. The molecule has 1 aromatic carbocycles. The quantitative estimate of drug-likeness (QED) is 0.412. The molecule has 27 heavy (non-hydrogen) atoms. The van der Waals surface area contributed by atoms with Crippen LogP contribution in [0.5, 0.6) is 0 Å². The van der Waals surface area contributed by atoms with Crippen LogP contribution in [0.4, 0.5) is 5.82 Å². The van der Waals surface area contributed by atoms with Gasteiger partial charge in [0.05, 0.1) is 13.0 Å². The summed E-state index contributed by atoms with van der Waals surface area (Å²) in [6.07, 6.45) is 5.83. The van der Waals surface area contributed by atoms with E-state index < -0.39 is 0 Å². The zero-order valence-electron chi connectivity index (χ0n) is 15.9. The van der Waals surface area contributed by atoms with Gasteiger partial charge in [-0.2, -0.15) is 0 Å². The van der Waals surface area contributed by atoms with Crippen LogP contribution in [0.25, 0.3) is 11.4 Å². The third-order valence-corrected chi connectivity index (χ3v) is 5.28. The highest BCUT2D eigenvalue weighted by atomic mass is 16.5. The van der Waals surface area contributed by atoms with Crippen molar-refractivity contribution < 1.29 is 9.53 Å². The molecule has 2 aromatic rings. The van der Waals surface area contributed by atoms with Crippen molar-refractivity contribution in [1.82, 2.24) is 9.55 Å². The van der Waals surface area contributed by atoms with Crippen LogP contribution in [-0.2, 0) is 16.6 Å². The predicted molar refractivity (Wildman–Crippen MR) is 106 cm³/mol. The Kier molecular flexibility index (Phi) is 5.78. The van der Waals surface area contributed by atoms with Gasteiger partial charge in [-0.3, -0.25) is 10.2 Å². The number of hydrogen-bond donors (Lipinski definition) is 3. The molecule has 0 atom stereocenters. The molecule has 0 saturated heterocycles. The lowest BCUT2D eigenvalue weighted by Crippen LogP contribution is -2.26. The summed E-state index contributed by atoms with van der Waals surface area (Å²) < 4.78 is 6.83. The molecule has 0 radical (unpaired) electrons. The minimum absolute atomic E-state index is 0.0608. The van der Waals surface area contributed by atoms with Crippen molar-refractivity contribution in [1.29, 1.82) is 5.41 Å². The van der Waals surface area contributed by atoms with Crippen LogP contribution in [0, 0.1) is 17.2 Å². The van der Waals surface area contributed by atoms with E-state index in [1.807, 2.05) is 42.1 Å². The van der Waals surface area contributed by atoms with Gasteiger partial charge in [-0.25, -0.2) is 4.98 Å². The molecule has 1 aromatic heterocycles. The standard InChI is InChI=1S/C20H27N5O2/c1-25-12-17(23-11-13-3-5-16(6-4-13)20(26)27-2)24-19(25)15-9-7-14(8-10-15)18(21)22/h7-10,12-13,16,23H,3-6,11H2,1-2H3,(H3,21,22). The number of carbonyl (C=O) groups excluding carboxylic acids is 1. The number of methoxy groups -OCH3 is 1. The summed E-state index contributed by atoms with van der Waals surface area (Å²) in [5.41, 5.74) is 7.19. The number of imidazole rings is 1. The zero-order chi connectivity index (χ0) is 19.4. The first-order chi connectivity index (χ1) is 13.0. The lowest BCUT2D eigenvalue weighted by molar-refractivity contribution is -0.146. The molecule has 3 rings (SSSR count). The summed E-state index contributed by atoms with van der Waals surface area (Å²) in [5.74, 6) is 2.30. The highest BCUT2D eigenvalue weighted by molar-refractivity contribution is 5.95. The lowest BCUT2D eigenvalue weighted by atomic mass is 9.82. The van der Waals surface area contributed by atoms with Gasteiger partial charge in [0.2, 0.25) is 0 Å². The van der Waals surface area contributed by atoms with E-state index in [-0.39, 0.29) is 17.7 Å². The predicted octanol–water partition coefficient (Wildman–Crippen LogP) is 2.76. The van der Waals surface area contributed by atoms with Crippen molar-refractivity contribution in [2.45, 2.75) is 25.7 Å². The van der Waals surface area contributed by atoms with E-state index in [1.54, 1.807) is 0 Å². The average Bonchev–Trinajstić information content (AvgIpc) is 3.07. The second kappa shape index (κ2) is 8.24. The molecule has 7 nitrogen and oxygen atoms in total. The van der Waals surface area contributed by atoms with E-state index in [1.165, 1.54) is 7.11 Å². The normalized spacial score (nSPS) is 19.5. The van der Waals surface area contributed by atoms with Gasteiger partial charge < -0.3 is 20.4 Å². The number of anilines is 1. The monoisotopic (exact) mass is 369 g/mol. The summed E-state index contributed by atoms with van der Waals surface area (Å²) in [6.45, 7) is 0.855. The molecular weight excluding hydrogens is 342 g/mol. The van der Waals surface area contributed by atoms with Crippen molar-refractivity contribution >= 4 is 17.6 Å². The van der Waals surface area contributed by atoms with Crippen molar-refractivity contribution in [3.8, 4) is 11.4 Å². The summed E-state index contributed by atoms with van der Waals surface area (Å²) >= 11 is 0. The number of nitrogens with one attached hydrogen (secondary N) is 2. The van der Waals surface area contributed by atoms with Crippen LogP contribution in [0.2, 0.25) is 0 Å². The fourth-order valence-corrected chi connectivity index (χ4v) is 3.64. The van der Waals surface area contributed by atoms with Gasteiger partial charge >= 0.3 is 5.97 Å². The molecule has 1 heterocycles. The van der Waals surface area contributed by atoms with Gasteiger partial charge in [0, 0.05) is 30.9 Å². The Bertz CT molecular complexity index is 804. The molecule has 1 aliphatic rings. The van der Waals surface area contributed by atoms with E-state index in [9.17, 15) is 4.79 Å². The first kappa shape index (κ1) is 18.9. The van der Waals surface area contributed by atoms with E-state index in [0.717, 1.165) is 49.4 Å². The molecule has 0 amide bonds. The van der Waals surface area contributed by atoms with E-state index in [2.05, 4.69) is 10.3 Å². The molecule has 7 heteroatoms. The molecule has 1 saturated carbocycles. The summed E-state index contributed by atoms with van der Waals surface area (Å²) in [4.78, 5) is 16.3. The average molecular weight is 369 g/mol. The Morgan fingerprint density at radius 2 is 1.96 bits per heavy atom. The largest absolute Gasteiger partial charge is 0.469 e. The second-order valence-corrected chi connectivity index (χ2v) is 7.17. The van der Waals surface area contributed by atoms with Crippen LogP contribution in [0.15, 0.2) is 30.5 Å². The number of nitrogens with zero attached hydrogens (tertiary/aromatic N) is 2. The Morgan fingerprint density at radius 3 is 2.56 bits per heavy atom. The van der Waals surface area contributed by atoms with Gasteiger partial charge in [0.1, 0.15) is 17.5 Å². The van der Waals surface area contributed by atoms with Crippen LogP contribution in [0.1, 0.15) is 31.2 Å². The number of esters is 1. The Hall–Kier alpha value is -2.83. The zero-order valence-corrected chi connectivity index (χ0v) is 15.9. The molecule has 4 N–H and O–H groups in total. The first-order valence-electron chi connectivity index (χ1n) is 9.27. The fourth-order valence-electron chi connectivity index (χ4n) is 3.64. The summed E-state index contributed by atoms with van der Waals surface area (Å²) in [7, 11) is 3.43. The van der Waals surface area contributed by atoms with Crippen LogP contribution >= 0.6 is 0 Å². The maximum absolute atomic E-state index is 11.6. The number of hydrogen-bond acceptors (Lipinski definition) is 5. The second-order valence-electron chi connectivity index (χ2n) is 7.17. The van der Waals surface area contributed by atoms with Gasteiger partial charge in [-0.1, -0.05) is 24.3 Å². The van der Waals surface area contributed by atoms with Gasteiger partial charge in [0.25, 0.3) is 0 Å². The summed E-state index contributed by atoms with van der Waals surface area (Å²) in [6, 6.07) is 7.52. The number of aromatic nitrogens is 2. The highest BCUT2D eigenvalue weighted by Gasteiger charge is 2.26. The van der Waals surface area contributed by atoms with Gasteiger partial charge in [-0.15, -0.1) is 0 Å². The number of rotatable bonds is 6. The maximum Gasteiger partial charge on any atom is 0.308 e. The topological polar surface area (TPSA) is 106 Å². The Balaban J connectivity index is 1.57. The van der Waals surface area contributed by atoms with Crippen molar-refractivity contribution in [3.05, 3.63) is 36.0 Å². The third kappa shape index (κ3) is 4.48. The molecule has 1 aliphatic carbocycles. The van der Waals surface area contributed by atoms with Gasteiger partial charge in [-0.05, 0) is 31.6 Å². The number of benzene rings is 1. The van der Waals surface area contributed by atoms with Crippen LogP contribution < -0.4 is 11.1 Å². The molecule has 0 unspecified atom stereocenters. The molecule has 0 bridgehead atoms. The highest BCUT2D eigenvalue weighted by Crippen LogP contribution is 2.30.